The van der Waals surface area contributed by atoms with Gasteiger partial charge in [-0.05, 0) is 25.1 Å². The quantitative estimate of drug-likeness (QED) is 0.464. The number of carbonyl (C=O) groups excluding carboxylic acids is 2. The largest absolute Gasteiger partial charge is 0.462 e. The standard InChI is InChI=1S/C16H11F3N2O7/c1-2-27-14(23)10-7-11(15(24)28-12(10)16(17,18)19)20-13(22)8-3-5-9(6-4-8)21(25)26/h3-7H,2H2,1H3,(H,20,22). The van der Waals surface area contributed by atoms with Gasteiger partial charge in [-0.3, -0.25) is 14.9 Å². The highest BCUT2D eigenvalue weighted by Gasteiger charge is 2.40. The van der Waals surface area contributed by atoms with Gasteiger partial charge in [0.1, 0.15) is 11.3 Å². The van der Waals surface area contributed by atoms with E-state index in [2.05, 4.69) is 9.15 Å². The molecule has 2 aromatic rings. The van der Waals surface area contributed by atoms with Crippen LogP contribution in [0.3, 0.4) is 0 Å². The van der Waals surface area contributed by atoms with E-state index < -0.39 is 45.6 Å². The molecule has 1 aromatic carbocycles. The molecule has 0 aliphatic carbocycles. The number of nitrogens with zero attached hydrogens (tertiary/aromatic N) is 1. The smallest absolute Gasteiger partial charge is 0.450 e. The lowest BCUT2D eigenvalue weighted by Crippen LogP contribution is -2.23. The zero-order valence-corrected chi connectivity index (χ0v) is 14.0. The summed E-state index contributed by atoms with van der Waals surface area (Å²) >= 11 is 0. The lowest BCUT2D eigenvalue weighted by Gasteiger charge is -2.12. The number of halogens is 3. The van der Waals surface area contributed by atoms with Crippen molar-refractivity contribution in [3.63, 3.8) is 0 Å². The Morgan fingerprint density at radius 1 is 1.25 bits per heavy atom. The number of amides is 1. The van der Waals surface area contributed by atoms with Gasteiger partial charge in [-0.15, -0.1) is 0 Å². The van der Waals surface area contributed by atoms with Crippen LogP contribution in [-0.4, -0.2) is 23.4 Å². The first kappa shape index (κ1) is 20.6. The van der Waals surface area contributed by atoms with Gasteiger partial charge in [0.15, 0.2) is 0 Å². The van der Waals surface area contributed by atoms with E-state index in [1.807, 2.05) is 5.32 Å². The second kappa shape index (κ2) is 7.90. The van der Waals surface area contributed by atoms with Crippen molar-refractivity contribution in [3.8, 4) is 0 Å². The molecule has 0 radical (unpaired) electrons. The van der Waals surface area contributed by atoms with Crippen molar-refractivity contribution >= 4 is 23.3 Å². The summed E-state index contributed by atoms with van der Waals surface area (Å²) in [5.41, 5.74) is -3.79. The van der Waals surface area contributed by atoms with E-state index in [0.29, 0.717) is 6.07 Å². The minimum absolute atomic E-state index is 0.123. The van der Waals surface area contributed by atoms with Crippen molar-refractivity contribution in [2.75, 3.05) is 11.9 Å². The van der Waals surface area contributed by atoms with Crippen LogP contribution in [0.2, 0.25) is 0 Å². The lowest BCUT2D eigenvalue weighted by molar-refractivity contribution is -0.384. The maximum absolute atomic E-state index is 13.0. The first-order valence-electron chi connectivity index (χ1n) is 7.52. The summed E-state index contributed by atoms with van der Waals surface area (Å²) < 4.78 is 47.7. The number of benzene rings is 1. The number of rotatable bonds is 5. The van der Waals surface area contributed by atoms with Gasteiger partial charge in [-0.2, -0.15) is 13.2 Å². The molecule has 1 heterocycles. The van der Waals surface area contributed by atoms with E-state index in [4.69, 9.17) is 0 Å². The summed E-state index contributed by atoms with van der Waals surface area (Å²) in [4.78, 5) is 45.6. The van der Waals surface area contributed by atoms with E-state index in [1.165, 1.54) is 6.92 Å². The van der Waals surface area contributed by atoms with Crippen LogP contribution in [0.4, 0.5) is 24.5 Å². The molecule has 0 unspecified atom stereocenters. The molecule has 9 nitrogen and oxygen atoms in total. The second-order valence-electron chi connectivity index (χ2n) is 5.17. The fourth-order valence-electron chi connectivity index (χ4n) is 2.06. The molecule has 0 saturated heterocycles. The van der Waals surface area contributed by atoms with Crippen LogP contribution < -0.4 is 10.9 Å². The van der Waals surface area contributed by atoms with Crippen LogP contribution in [0.1, 0.15) is 33.4 Å². The van der Waals surface area contributed by atoms with E-state index >= 15 is 0 Å². The molecule has 1 aromatic heterocycles. The zero-order valence-electron chi connectivity index (χ0n) is 14.0. The minimum Gasteiger partial charge on any atom is -0.462 e. The summed E-state index contributed by atoms with van der Waals surface area (Å²) in [6, 6.07) is 4.69. The topological polar surface area (TPSA) is 129 Å². The number of ether oxygens (including phenoxy) is 1. The van der Waals surface area contributed by atoms with E-state index in [9.17, 15) is 37.7 Å². The molecule has 12 heteroatoms. The van der Waals surface area contributed by atoms with E-state index in [1.54, 1.807) is 0 Å². The zero-order chi connectivity index (χ0) is 21.1. The molecule has 0 saturated carbocycles. The molecule has 0 spiro atoms. The number of nitro benzene ring substituents is 1. The number of alkyl halides is 3. The third kappa shape index (κ3) is 4.52. The molecule has 0 bridgehead atoms. The molecule has 148 valence electrons. The average molecular weight is 400 g/mol. The Hall–Kier alpha value is -3.70. The summed E-state index contributed by atoms with van der Waals surface area (Å²) in [5, 5.41) is 12.6. The van der Waals surface area contributed by atoms with Crippen LogP contribution in [0.5, 0.6) is 0 Å². The molecular weight excluding hydrogens is 389 g/mol. The molecule has 1 amide bonds. The Morgan fingerprint density at radius 3 is 2.36 bits per heavy atom. The van der Waals surface area contributed by atoms with Crippen LogP contribution >= 0.6 is 0 Å². The monoisotopic (exact) mass is 400 g/mol. The van der Waals surface area contributed by atoms with Crippen LogP contribution in [-0.2, 0) is 10.9 Å². The first-order valence-corrected chi connectivity index (χ1v) is 7.52. The molecular formula is C16H11F3N2O7. The highest BCUT2D eigenvalue weighted by molar-refractivity contribution is 6.04. The van der Waals surface area contributed by atoms with Gasteiger partial charge in [-0.1, -0.05) is 0 Å². The minimum atomic E-state index is -5.15. The summed E-state index contributed by atoms with van der Waals surface area (Å²) in [6.07, 6.45) is -5.15. The highest BCUT2D eigenvalue weighted by atomic mass is 19.4. The normalized spacial score (nSPS) is 11.0. The van der Waals surface area contributed by atoms with Crippen molar-refractivity contribution in [1.82, 2.24) is 0 Å². The molecule has 0 aliphatic rings. The molecule has 0 fully saturated rings. The Labute approximate surface area is 153 Å². The predicted molar refractivity (Wildman–Crippen MR) is 87.0 cm³/mol. The summed E-state index contributed by atoms with van der Waals surface area (Å²) in [6.45, 7) is 1.13. The summed E-state index contributed by atoms with van der Waals surface area (Å²) in [5.74, 6) is -4.22. The van der Waals surface area contributed by atoms with Gasteiger partial charge in [0, 0.05) is 17.7 Å². The number of nitrogens with one attached hydrogen (secondary N) is 1. The number of hydrogen-bond acceptors (Lipinski definition) is 7. The third-order valence-electron chi connectivity index (χ3n) is 3.29. The van der Waals surface area contributed by atoms with Gasteiger partial charge < -0.3 is 14.5 Å². The van der Waals surface area contributed by atoms with Crippen LogP contribution in [0.15, 0.2) is 39.5 Å². The maximum Gasteiger partial charge on any atom is 0.450 e. The number of non-ortho nitro benzene ring substituents is 1. The van der Waals surface area contributed by atoms with Gasteiger partial charge >= 0.3 is 17.8 Å². The fourth-order valence-corrected chi connectivity index (χ4v) is 2.06. The van der Waals surface area contributed by atoms with Gasteiger partial charge in [-0.25, -0.2) is 9.59 Å². The number of nitro groups is 1. The van der Waals surface area contributed by atoms with Crippen molar-refractivity contribution in [2.24, 2.45) is 0 Å². The molecule has 28 heavy (non-hydrogen) atoms. The number of hydrogen-bond donors (Lipinski definition) is 1. The number of anilines is 1. The van der Waals surface area contributed by atoms with Crippen molar-refractivity contribution in [3.05, 3.63) is 67.8 Å². The molecule has 0 atom stereocenters. The predicted octanol–water partition coefficient (Wildman–Crippen LogP) is 3.00. The van der Waals surface area contributed by atoms with Gasteiger partial charge in [0.25, 0.3) is 11.6 Å². The maximum atomic E-state index is 13.0. The highest BCUT2D eigenvalue weighted by Crippen LogP contribution is 2.32. The Kier molecular flexibility index (Phi) is 5.81. The Morgan fingerprint density at radius 2 is 1.86 bits per heavy atom. The van der Waals surface area contributed by atoms with Crippen molar-refractivity contribution in [1.29, 1.82) is 0 Å². The fraction of sp³-hybridized carbons (Fsp3) is 0.188. The number of esters is 1. The Bertz CT molecular complexity index is 981. The first-order chi connectivity index (χ1) is 13.0. The molecule has 0 aliphatic heterocycles. The molecule has 2 rings (SSSR count). The van der Waals surface area contributed by atoms with E-state index in [-0.39, 0.29) is 17.9 Å². The lowest BCUT2D eigenvalue weighted by atomic mass is 10.1. The summed E-state index contributed by atoms with van der Waals surface area (Å²) in [7, 11) is 0. The Balaban J connectivity index is 2.41. The molecule has 1 N–H and O–H groups in total. The van der Waals surface area contributed by atoms with Crippen LogP contribution in [0, 0.1) is 10.1 Å². The SMILES string of the molecule is CCOC(=O)c1cc(NC(=O)c2ccc([N+](=O)[O-])cc2)c(=O)oc1C(F)(F)F. The van der Waals surface area contributed by atoms with Crippen LogP contribution in [0.25, 0.3) is 0 Å². The van der Waals surface area contributed by atoms with E-state index in [0.717, 1.165) is 24.3 Å². The average Bonchev–Trinajstić information content (AvgIpc) is 2.62. The number of carbonyl (C=O) groups is 2. The van der Waals surface area contributed by atoms with Crippen molar-refractivity contribution < 1.29 is 36.8 Å². The van der Waals surface area contributed by atoms with Crippen molar-refractivity contribution in [2.45, 2.75) is 13.1 Å². The second-order valence-corrected chi connectivity index (χ2v) is 5.17. The van der Waals surface area contributed by atoms with Gasteiger partial charge in [0.2, 0.25) is 5.76 Å². The third-order valence-corrected chi connectivity index (χ3v) is 3.29. The van der Waals surface area contributed by atoms with Gasteiger partial charge in [0.05, 0.1) is 11.5 Å².